The van der Waals surface area contributed by atoms with Gasteiger partial charge in [-0.25, -0.2) is 0 Å². The molecule has 2 aromatic rings. The number of halogens is 1. The smallest absolute Gasteiger partial charge is 0.233 e. The molecule has 128 valence electrons. The fraction of sp³-hybridized carbons (Fsp3) is 0.350. The molecule has 0 aromatic heterocycles. The van der Waals surface area contributed by atoms with Crippen LogP contribution in [-0.2, 0) is 11.2 Å². The van der Waals surface area contributed by atoms with Gasteiger partial charge in [0.1, 0.15) is 0 Å². The van der Waals surface area contributed by atoms with Crippen molar-refractivity contribution >= 4 is 29.3 Å². The summed E-state index contributed by atoms with van der Waals surface area (Å²) in [6, 6.07) is 16.2. The van der Waals surface area contributed by atoms with E-state index in [2.05, 4.69) is 36.5 Å². The minimum absolute atomic E-state index is 0.0647. The van der Waals surface area contributed by atoms with E-state index in [4.69, 9.17) is 11.6 Å². The molecule has 0 radical (unpaired) electrons. The Morgan fingerprint density at radius 1 is 1.21 bits per heavy atom. The quantitative estimate of drug-likeness (QED) is 0.512. The van der Waals surface area contributed by atoms with E-state index in [0.29, 0.717) is 11.6 Å². The SMILES string of the molecule is CC[C@H](Sc1ccc(Cl)cc1)C(=O)NCCCc1cccc(C)c1. The van der Waals surface area contributed by atoms with Gasteiger partial charge in [-0.15, -0.1) is 11.8 Å². The van der Waals surface area contributed by atoms with E-state index in [1.54, 1.807) is 11.8 Å². The number of carbonyl (C=O) groups is 1. The molecule has 0 spiro atoms. The molecule has 2 nitrogen and oxygen atoms in total. The summed E-state index contributed by atoms with van der Waals surface area (Å²) in [6.45, 7) is 4.86. The molecule has 0 fully saturated rings. The molecule has 24 heavy (non-hydrogen) atoms. The number of carbonyl (C=O) groups excluding carboxylic acids is 1. The first kappa shape index (κ1) is 18.9. The van der Waals surface area contributed by atoms with Gasteiger partial charge in [-0.1, -0.05) is 48.4 Å². The van der Waals surface area contributed by atoms with Gasteiger partial charge in [-0.05, 0) is 56.0 Å². The van der Waals surface area contributed by atoms with Crippen LogP contribution in [0.15, 0.2) is 53.4 Å². The summed E-state index contributed by atoms with van der Waals surface area (Å²) in [5, 5.41) is 3.72. The molecule has 0 bridgehead atoms. The third-order valence-corrected chi connectivity index (χ3v) is 5.41. The molecule has 2 aromatic carbocycles. The Bertz CT molecular complexity index is 657. The van der Waals surface area contributed by atoms with Crippen molar-refractivity contribution in [3.05, 3.63) is 64.7 Å². The zero-order chi connectivity index (χ0) is 17.4. The molecular weight excluding hydrogens is 338 g/mol. The maximum absolute atomic E-state index is 12.4. The molecule has 2 rings (SSSR count). The van der Waals surface area contributed by atoms with Crippen molar-refractivity contribution in [2.24, 2.45) is 0 Å². The number of benzene rings is 2. The summed E-state index contributed by atoms with van der Waals surface area (Å²) in [6.07, 6.45) is 2.75. The first-order valence-corrected chi connectivity index (χ1v) is 9.59. The van der Waals surface area contributed by atoms with E-state index in [9.17, 15) is 4.79 Å². The summed E-state index contributed by atoms with van der Waals surface area (Å²) < 4.78 is 0. The van der Waals surface area contributed by atoms with E-state index in [1.165, 1.54) is 11.1 Å². The Balaban J connectivity index is 1.76. The maximum atomic E-state index is 12.4. The second-order valence-electron chi connectivity index (χ2n) is 5.85. The lowest BCUT2D eigenvalue weighted by Gasteiger charge is -2.15. The average molecular weight is 362 g/mol. The van der Waals surface area contributed by atoms with E-state index in [0.717, 1.165) is 24.2 Å². The van der Waals surface area contributed by atoms with Gasteiger partial charge < -0.3 is 5.32 Å². The zero-order valence-electron chi connectivity index (χ0n) is 14.2. The molecule has 0 saturated carbocycles. The van der Waals surface area contributed by atoms with Crippen LogP contribution in [0.5, 0.6) is 0 Å². The lowest BCUT2D eigenvalue weighted by atomic mass is 10.1. The third-order valence-electron chi connectivity index (χ3n) is 3.78. The number of hydrogen-bond acceptors (Lipinski definition) is 2. The third kappa shape index (κ3) is 6.21. The summed E-state index contributed by atoms with van der Waals surface area (Å²) >= 11 is 7.49. The standard InChI is InChI=1S/C20H24ClNOS/c1-3-19(24-18-11-9-17(21)10-12-18)20(23)22-13-5-8-16-7-4-6-15(2)14-16/h4,6-7,9-12,14,19H,3,5,8,13H2,1-2H3,(H,22,23)/t19-/m0/s1. The number of hydrogen-bond donors (Lipinski definition) is 1. The molecule has 0 aliphatic carbocycles. The van der Waals surface area contributed by atoms with E-state index in [-0.39, 0.29) is 11.2 Å². The van der Waals surface area contributed by atoms with Crippen LogP contribution in [0.3, 0.4) is 0 Å². The second kappa shape index (κ2) is 9.75. The van der Waals surface area contributed by atoms with Crippen LogP contribution >= 0.6 is 23.4 Å². The van der Waals surface area contributed by atoms with Crippen molar-refractivity contribution in [3.63, 3.8) is 0 Å². The van der Waals surface area contributed by atoms with Crippen molar-refractivity contribution in [1.29, 1.82) is 0 Å². The fourth-order valence-corrected chi connectivity index (χ4v) is 3.59. The van der Waals surface area contributed by atoms with Crippen LogP contribution in [0.25, 0.3) is 0 Å². The molecule has 0 aliphatic heterocycles. The number of aryl methyl sites for hydroxylation is 2. The minimum Gasteiger partial charge on any atom is -0.355 e. The topological polar surface area (TPSA) is 29.1 Å². The van der Waals surface area contributed by atoms with Gasteiger partial charge >= 0.3 is 0 Å². The molecule has 0 aliphatic rings. The number of nitrogens with one attached hydrogen (secondary N) is 1. The highest BCUT2D eigenvalue weighted by atomic mass is 35.5. The lowest BCUT2D eigenvalue weighted by molar-refractivity contribution is -0.120. The van der Waals surface area contributed by atoms with Gasteiger partial charge in [0.15, 0.2) is 0 Å². The van der Waals surface area contributed by atoms with Crippen LogP contribution in [-0.4, -0.2) is 17.7 Å². The summed E-state index contributed by atoms with van der Waals surface area (Å²) in [5.41, 5.74) is 2.61. The maximum Gasteiger partial charge on any atom is 0.233 e. The molecule has 4 heteroatoms. The molecule has 0 saturated heterocycles. The van der Waals surface area contributed by atoms with Gasteiger partial charge in [0.05, 0.1) is 5.25 Å². The average Bonchev–Trinajstić information content (AvgIpc) is 2.58. The van der Waals surface area contributed by atoms with Gasteiger partial charge in [-0.3, -0.25) is 4.79 Å². The zero-order valence-corrected chi connectivity index (χ0v) is 15.8. The van der Waals surface area contributed by atoms with Gasteiger partial charge in [0, 0.05) is 16.5 Å². The van der Waals surface area contributed by atoms with E-state index < -0.39 is 0 Å². The predicted octanol–water partition coefficient (Wildman–Crippen LogP) is 5.27. The number of rotatable bonds is 8. The number of thioether (sulfide) groups is 1. The monoisotopic (exact) mass is 361 g/mol. The van der Waals surface area contributed by atoms with Crippen molar-refractivity contribution in [2.75, 3.05) is 6.54 Å². The van der Waals surface area contributed by atoms with Crippen LogP contribution < -0.4 is 5.32 Å². The van der Waals surface area contributed by atoms with Gasteiger partial charge in [-0.2, -0.15) is 0 Å². The van der Waals surface area contributed by atoms with Gasteiger partial charge in [0.2, 0.25) is 5.91 Å². The molecule has 0 unspecified atom stereocenters. The van der Waals surface area contributed by atoms with E-state index >= 15 is 0 Å². The number of amides is 1. The van der Waals surface area contributed by atoms with Crippen molar-refractivity contribution in [2.45, 2.75) is 43.3 Å². The Labute approximate surface area is 154 Å². The van der Waals surface area contributed by atoms with E-state index in [1.807, 2.05) is 31.2 Å². The minimum atomic E-state index is -0.0647. The molecule has 0 heterocycles. The normalized spacial score (nSPS) is 12.0. The Hall–Kier alpha value is -1.45. The van der Waals surface area contributed by atoms with Crippen LogP contribution in [0.1, 0.15) is 30.9 Å². The highest BCUT2D eigenvalue weighted by molar-refractivity contribution is 8.00. The van der Waals surface area contributed by atoms with Crippen LogP contribution in [0.4, 0.5) is 0 Å². The summed E-state index contributed by atoms with van der Waals surface area (Å²) in [7, 11) is 0. The van der Waals surface area contributed by atoms with Crippen molar-refractivity contribution in [1.82, 2.24) is 5.32 Å². The Kier molecular flexibility index (Phi) is 7.67. The highest BCUT2D eigenvalue weighted by Crippen LogP contribution is 2.26. The summed E-state index contributed by atoms with van der Waals surface area (Å²) in [4.78, 5) is 13.4. The largest absolute Gasteiger partial charge is 0.355 e. The highest BCUT2D eigenvalue weighted by Gasteiger charge is 2.17. The fourth-order valence-electron chi connectivity index (χ4n) is 2.49. The molecule has 1 amide bonds. The lowest BCUT2D eigenvalue weighted by Crippen LogP contribution is -2.33. The molecule has 1 N–H and O–H groups in total. The van der Waals surface area contributed by atoms with Crippen LogP contribution in [0.2, 0.25) is 5.02 Å². The molecular formula is C20H24ClNOS. The van der Waals surface area contributed by atoms with Gasteiger partial charge in [0.25, 0.3) is 0 Å². The van der Waals surface area contributed by atoms with Crippen molar-refractivity contribution in [3.8, 4) is 0 Å². The second-order valence-corrected chi connectivity index (χ2v) is 7.56. The Morgan fingerprint density at radius 3 is 2.62 bits per heavy atom. The molecule has 1 atom stereocenters. The van der Waals surface area contributed by atoms with Crippen molar-refractivity contribution < 1.29 is 4.79 Å². The van der Waals surface area contributed by atoms with Crippen LogP contribution in [0, 0.1) is 6.92 Å². The predicted molar refractivity (Wildman–Crippen MR) is 104 cm³/mol. The Morgan fingerprint density at radius 2 is 1.96 bits per heavy atom. The first-order valence-electron chi connectivity index (χ1n) is 8.34. The summed E-state index contributed by atoms with van der Waals surface area (Å²) in [5.74, 6) is 0.113. The first-order chi connectivity index (χ1) is 11.6.